The van der Waals surface area contributed by atoms with Crippen molar-refractivity contribution in [1.29, 1.82) is 0 Å². The van der Waals surface area contributed by atoms with Gasteiger partial charge < -0.3 is 10.4 Å². The molecule has 2 bridgehead atoms. The van der Waals surface area contributed by atoms with Crippen molar-refractivity contribution in [3.05, 3.63) is 35.4 Å². The van der Waals surface area contributed by atoms with E-state index in [4.69, 9.17) is 0 Å². The average molecular weight is 259 g/mol. The van der Waals surface area contributed by atoms with E-state index in [-0.39, 0.29) is 5.41 Å². The van der Waals surface area contributed by atoms with Gasteiger partial charge in [-0.2, -0.15) is 0 Å². The summed E-state index contributed by atoms with van der Waals surface area (Å²) in [6, 6.07) is 9.58. The minimum Gasteiger partial charge on any atom is -0.385 e. The van der Waals surface area contributed by atoms with Gasteiger partial charge in [0, 0.05) is 12.1 Å². The minimum absolute atomic E-state index is 0.137. The van der Waals surface area contributed by atoms with Gasteiger partial charge >= 0.3 is 0 Å². The van der Waals surface area contributed by atoms with Gasteiger partial charge in [0.1, 0.15) is 0 Å². The van der Waals surface area contributed by atoms with Crippen LogP contribution < -0.4 is 5.32 Å². The Morgan fingerprint density at radius 3 is 2.37 bits per heavy atom. The quantitative estimate of drug-likeness (QED) is 0.812. The Labute approximate surface area is 116 Å². The molecule has 0 aromatic heterocycles. The number of rotatable bonds is 1. The van der Waals surface area contributed by atoms with Crippen molar-refractivity contribution in [3.8, 4) is 0 Å². The Bertz CT molecular complexity index is 462. The van der Waals surface area contributed by atoms with Crippen molar-refractivity contribution >= 4 is 0 Å². The fraction of sp³-hybridized carbons (Fsp3) is 0.647. The first-order chi connectivity index (χ1) is 8.87. The summed E-state index contributed by atoms with van der Waals surface area (Å²) in [6.45, 7) is 6.67. The summed E-state index contributed by atoms with van der Waals surface area (Å²) in [6.07, 6.45) is 4.14. The molecule has 1 aromatic carbocycles. The van der Waals surface area contributed by atoms with Crippen molar-refractivity contribution in [1.82, 2.24) is 5.32 Å². The highest BCUT2D eigenvalue weighted by Gasteiger charge is 2.43. The lowest BCUT2D eigenvalue weighted by Gasteiger charge is -2.38. The SMILES string of the molecule is CC(C)(C)c1cccc(C2(O)CC3CCC(C2)N3)c1. The molecule has 2 aliphatic rings. The number of nitrogens with one attached hydrogen (secondary N) is 1. The maximum absolute atomic E-state index is 11.1. The maximum atomic E-state index is 11.1. The Kier molecular flexibility index (Phi) is 2.99. The first-order valence-corrected chi connectivity index (χ1v) is 7.46. The molecule has 0 amide bonds. The Hall–Kier alpha value is -0.860. The van der Waals surface area contributed by atoms with Crippen LogP contribution in [0.3, 0.4) is 0 Å². The summed E-state index contributed by atoms with van der Waals surface area (Å²) in [5, 5.41) is 14.7. The standard InChI is InChI=1S/C17H25NO/c1-16(2,3)12-5-4-6-13(9-12)17(19)10-14-7-8-15(11-17)18-14/h4-6,9,14-15,18-19H,7-8,10-11H2,1-3H3. The number of piperidine rings is 1. The fourth-order valence-electron chi connectivity index (χ4n) is 3.63. The van der Waals surface area contributed by atoms with Crippen molar-refractivity contribution in [3.63, 3.8) is 0 Å². The van der Waals surface area contributed by atoms with Crippen molar-refractivity contribution in [2.75, 3.05) is 0 Å². The average Bonchev–Trinajstić information content (AvgIpc) is 2.68. The summed E-state index contributed by atoms with van der Waals surface area (Å²) in [5.74, 6) is 0. The molecule has 0 spiro atoms. The molecule has 2 aliphatic heterocycles. The van der Waals surface area contributed by atoms with E-state index in [9.17, 15) is 5.11 Å². The van der Waals surface area contributed by atoms with Gasteiger partial charge in [0.25, 0.3) is 0 Å². The van der Waals surface area contributed by atoms with Gasteiger partial charge in [-0.3, -0.25) is 0 Å². The van der Waals surface area contributed by atoms with E-state index < -0.39 is 5.60 Å². The van der Waals surface area contributed by atoms with Crippen LogP contribution in [-0.2, 0) is 11.0 Å². The van der Waals surface area contributed by atoms with Gasteiger partial charge in [-0.15, -0.1) is 0 Å². The summed E-state index contributed by atoms with van der Waals surface area (Å²) in [4.78, 5) is 0. The highest BCUT2D eigenvalue weighted by molar-refractivity contribution is 5.33. The molecule has 2 atom stereocenters. The first-order valence-electron chi connectivity index (χ1n) is 7.46. The molecular formula is C17H25NO. The maximum Gasteiger partial charge on any atom is 0.0926 e. The molecule has 1 aromatic rings. The highest BCUT2D eigenvalue weighted by atomic mass is 16.3. The van der Waals surface area contributed by atoms with Crippen molar-refractivity contribution in [2.45, 2.75) is 69.6 Å². The Morgan fingerprint density at radius 2 is 1.79 bits per heavy atom. The number of aliphatic hydroxyl groups is 1. The minimum atomic E-state index is -0.627. The second kappa shape index (κ2) is 4.32. The molecule has 0 saturated carbocycles. The molecule has 2 heteroatoms. The summed E-state index contributed by atoms with van der Waals surface area (Å²) >= 11 is 0. The third-order valence-corrected chi connectivity index (χ3v) is 4.77. The first kappa shape index (κ1) is 13.1. The third-order valence-electron chi connectivity index (χ3n) is 4.77. The van der Waals surface area contributed by atoms with E-state index >= 15 is 0 Å². The second-order valence-corrected chi connectivity index (χ2v) is 7.41. The van der Waals surface area contributed by atoms with Crippen molar-refractivity contribution < 1.29 is 5.11 Å². The molecule has 0 radical (unpaired) electrons. The molecule has 2 unspecified atom stereocenters. The summed E-state index contributed by atoms with van der Waals surface area (Å²) < 4.78 is 0. The van der Waals surface area contributed by atoms with E-state index in [1.54, 1.807) is 0 Å². The van der Waals surface area contributed by atoms with Crippen molar-refractivity contribution in [2.24, 2.45) is 0 Å². The third kappa shape index (κ3) is 2.44. The molecule has 104 valence electrons. The molecule has 2 saturated heterocycles. The van der Waals surface area contributed by atoms with Crippen LogP contribution in [0.15, 0.2) is 24.3 Å². The largest absolute Gasteiger partial charge is 0.385 e. The van der Waals surface area contributed by atoms with Crippen LogP contribution in [0.5, 0.6) is 0 Å². The Balaban J connectivity index is 1.93. The van der Waals surface area contributed by atoms with Gasteiger partial charge in [-0.05, 0) is 42.2 Å². The van der Waals surface area contributed by atoms with E-state index in [2.05, 4.69) is 50.4 Å². The molecule has 19 heavy (non-hydrogen) atoms. The van der Waals surface area contributed by atoms with E-state index in [1.807, 2.05) is 0 Å². The van der Waals surface area contributed by atoms with E-state index in [1.165, 1.54) is 18.4 Å². The van der Waals surface area contributed by atoms with Gasteiger partial charge in [0.05, 0.1) is 5.60 Å². The second-order valence-electron chi connectivity index (χ2n) is 7.41. The molecule has 0 aliphatic carbocycles. The Morgan fingerprint density at radius 1 is 1.16 bits per heavy atom. The fourth-order valence-corrected chi connectivity index (χ4v) is 3.63. The highest BCUT2D eigenvalue weighted by Crippen LogP contribution is 2.41. The van der Waals surface area contributed by atoms with Crippen LogP contribution in [0.4, 0.5) is 0 Å². The van der Waals surface area contributed by atoms with E-state index in [0.717, 1.165) is 18.4 Å². The topological polar surface area (TPSA) is 32.3 Å². The predicted molar refractivity (Wildman–Crippen MR) is 78.2 cm³/mol. The monoisotopic (exact) mass is 259 g/mol. The molecule has 2 nitrogen and oxygen atoms in total. The number of hydrogen-bond donors (Lipinski definition) is 2. The van der Waals surface area contributed by atoms with Crippen LogP contribution in [0, 0.1) is 0 Å². The van der Waals surface area contributed by atoms with Crippen LogP contribution >= 0.6 is 0 Å². The number of hydrogen-bond acceptors (Lipinski definition) is 2. The number of benzene rings is 1. The zero-order valence-corrected chi connectivity index (χ0v) is 12.2. The lowest BCUT2D eigenvalue weighted by molar-refractivity contribution is -0.0115. The number of fused-ring (bicyclic) bond motifs is 2. The van der Waals surface area contributed by atoms with Crippen LogP contribution in [0.2, 0.25) is 0 Å². The zero-order valence-electron chi connectivity index (χ0n) is 12.2. The zero-order chi connectivity index (χ0) is 13.7. The summed E-state index contributed by atoms with van der Waals surface area (Å²) in [5.41, 5.74) is 1.93. The molecule has 2 heterocycles. The van der Waals surface area contributed by atoms with Crippen LogP contribution in [0.25, 0.3) is 0 Å². The molecule has 3 rings (SSSR count). The van der Waals surface area contributed by atoms with E-state index in [0.29, 0.717) is 12.1 Å². The molecule has 2 fully saturated rings. The molecular weight excluding hydrogens is 234 g/mol. The predicted octanol–water partition coefficient (Wildman–Crippen LogP) is 3.09. The normalized spacial score (nSPS) is 34.5. The van der Waals surface area contributed by atoms with Gasteiger partial charge in [0.2, 0.25) is 0 Å². The van der Waals surface area contributed by atoms with Crippen LogP contribution in [0.1, 0.15) is 57.6 Å². The lowest BCUT2D eigenvalue weighted by Crippen LogP contribution is -2.46. The van der Waals surface area contributed by atoms with Gasteiger partial charge in [-0.1, -0.05) is 45.0 Å². The smallest absolute Gasteiger partial charge is 0.0926 e. The van der Waals surface area contributed by atoms with Gasteiger partial charge in [-0.25, -0.2) is 0 Å². The van der Waals surface area contributed by atoms with Gasteiger partial charge in [0.15, 0.2) is 0 Å². The van der Waals surface area contributed by atoms with Crippen LogP contribution in [-0.4, -0.2) is 17.2 Å². The summed E-state index contributed by atoms with van der Waals surface area (Å²) in [7, 11) is 0. The molecule has 2 N–H and O–H groups in total. The lowest BCUT2D eigenvalue weighted by atomic mass is 9.78.